The van der Waals surface area contributed by atoms with Crippen molar-refractivity contribution in [2.24, 2.45) is 0 Å². The summed E-state index contributed by atoms with van der Waals surface area (Å²) in [6.07, 6.45) is -0.225. The summed E-state index contributed by atoms with van der Waals surface area (Å²) < 4.78 is 1.65. The number of rotatable bonds is 7. The van der Waals surface area contributed by atoms with Crippen LogP contribution >= 0.6 is 11.6 Å². The number of aromatic nitrogens is 1. The molecule has 0 radical (unpaired) electrons. The van der Waals surface area contributed by atoms with Crippen LogP contribution in [0.1, 0.15) is 47.4 Å². The summed E-state index contributed by atoms with van der Waals surface area (Å²) in [5, 5.41) is 20.9. The van der Waals surface area contributed by atoms with Crippen LogP contribution in [0.5, 0.6) is 0 Å². The Balaban J connectivity index is 2.50. The molecule has 0 unspecified atom stereocenters. The first-order chi connectivity index (χ1) is 14.2. The van der Waals surface area contributed by atoms with Crippen molar-refractivity contribution in [1.29, 1.82) is 0 Å². The Labute approximate surface area is 178 Å². The summed E-state index contributed by atoms with van der Waals surface area (Å²) in [5.41, 5.74) is -0.382. The van der Waals surface area contributed by atoms with E-state index in [1.807, 2.05) is 13.8 Å². The van der Waals surface area contributed by atoms with E-state index in [9.17, 15) is 24.6 Å². The van der Waals surface area contributed by atoms with Crippen LogP contribution in [0, 0.1) is 6.92 Å². The molecule has 6 nitrogen and oxygen atoms in total. The topological polar surface area (TPSA) is 96.6 Å². The average molecular weight is 428 g/mol. The second-order valence-corrected chi connectivity index (χ2v) is 7.63. The summed E-state index contributed by atoms with van der Waals surface area (Å²) in [4.78, 5) is 38.2. The largest absolute Gasteiger partial charge is 0.480 e. The Hall–Kier alpha value is -3.12. The lowest BCUT2D eigenvalue weighted by Crippen LogP contribution is -2.44. The zero-order chi connectivity index (χ0) is 22.2. The van der Waals surface area contributed by atoms with Crippen molar-refractivity contribution in [3.8, 4) is 0 Å². The molecule has 0 fully saturated rings. The van der Waals surface area contributed by atoms with E-state index in [1.165, 1.54) is 6.92 Å². The van der Waals surface area contributed by atoms with Gasteiger partial charge >= 0.3 is 11.9 Å². The van der Waals surface area contributed by atoms with Crippen molar-refractivity contribution in [2.75, 3.05) is 0 Å². The summed E-state index contributed by atoms with van der Waals surface area (Å²) in [5.74, 6) is -3.46. The molecule has 0 atom stereocenters. The van der Waals surface area contributed by atoms with Crippen molar-refractivity contribution >= 4 is 40.2 Å². The summed E-state index contributed by atoms with van der Waals surface area (Å²) in [6, 6.07) is 11.6. The number of aliphatic carboxylic acids is 2. The van der Waals surface area contributed by atoms with Gasteiger partial charge in [0.2, 0.25) is 5.78 Å². The minimum Gasteiger partial charge on any atom is -0.480 e. The minimum atomic E-state index is -2.28. The highest BCUT2D eigenvalue weighted by atomic mass is 35.5. The number of carbonyl (C=O) groups excluding carboxylic acids is 1. The molecule has 0 aliphatic carbocycles. The van der Waals surface area contributed by atoms with E-state index in [2.05, 4.69) is 0 Å². The number of hydrogen-bond acceptors (Lipinski definition) is 3. The van der Waals surface area contributed by atoms with Crippen molar-refractivity contribution in [3.05, 3.63) is 69.9 Å². The van der Waals surface area contributed by atoms with Crippen LogP contribution in [-0.2, 0) is 21.5 Å². The summed E-state index contributed by atoms with van der Waals surface area (Å²) >= 11 is 6.17. The molecular weight excluding hydrogens is 406 g/mol. The number of aryl methyl sites for hydroxylation is 2. The lowest BCUT2D eigenvalue weighted by Gasteiger charge is -2.25. The van der Waals surface area contributed by atoms with Crippen molar-refractivity contribution in [3.63, 3.8) is 0 Å². The number of fused-ring (bicyclic) bond motifs is 1. The number of carboxylic acids is 2. The molecule has 0 aliphatic rings. The number of carboxylic acid groups (broad SMARTS) is 2. The highest BCUT2D eigenvalue weighted by Gasteiger charge is 2.51. The third-order valence-electron chi connectivity index (χ3n) is 5.56. The van der Waals surface area contributed by atoms with Crippen molar-refractivity contribution in [2.45, 2.75) is 39.2 Å². The maximum Gasteiger partial charge on any atom is 0.325 e. The first kappa shape index (κ1) is 21.6. The maximum absolute atomic E-state index is 13.6. The van der Waals surface area contributed by atoms with Gasteiger partial charge in [-0.2, -0.15) is 0 Å². The fraction of sp³-hybridized carbons (Fsp3) is 0.261. The van der Waals surface area contributed by atoms with Crippen LogP contribution < -0.4 is 0 Å². The molecule has 30 heavy (non-hydrogen) atoms. The molecule has 0 bridgehead atoms. The van der Waals surface area contributed by atoms with E-state index in [-0.39, 0.29) is 17.7 Å². The summed E-state index contributed by atoms with van der Waals surface area (Å²) in [6.45, 7) is 5.53. The molecule has 7 heteroatoms. The van der Waals surface area contributed by atoms with Gasteiger partial charge in [0.25, 0.3) is 0 Å². The number of benzene rings is 2. The predicted molar refractivity (Wildman–Crippen MR) is 114 cm³/mol. The minimum absolute atomic E-state index is 0.0101. The van der Waals surface area contributed by atoms with Gasteiger partial charge < -0.3 is 14.8 Å². The molecule has 0 saturated carbocycles. The van der Waals surface area contributed by atoms with E-state index >= 15 is 0 Å². The SMILES string of the molecule is CCn1c(C(=O)c2ccc(C)cc2)c(C(CC)(C(=O)O)C(=O)O)c2ccc(Cl)cc21. The standard InChI is InChI=1S/C23H22ClNO5/c1-4-23(21(27)28,22(29)30)18-16-11-10-15(24)12-17(16)25(5-2)19(18)20(26)14-8-6-13(3)7-9-14/h6-12H,4-5H2,1-3H3,(H,27,28)(H,29,30). The van der Waals surface area contributed by atoms with Gasteiger partial charge in [0.05, 0.1) is 11.2 Å². The van der Waals surface area contributed by atoms with Gasteiger partial charge in [-0.05, 0) is 32.4 Å². The number of hydrogen-bond donors (Lipinski definition) is 2. The highest BCUT2D eigenvalue weighted by molar-refractivity contribution is 6.31. The van der Waals surface area contributed by atoms with Crippen LogP contribution in [0.15, 0.2) is 42.5 Å². The average Bonchev–Trinajstić information content (AvgIpc) is 3.02. The Morgan fingerprint density at radius 3 is 2.10 bits per heavy atom. The molecule has 156 valence electrons. The van der Waals surface area contributed by atoms with Gasteiger partial charge in [-0.15, -0.1) is 0 Å². The molecule has 3 aromatic rings. The van der Waals surface area contributed by atoms with E-state index in [0.717, 1.165) is 5.56 Å². The van der Waals surface area contributed by atoms with E-state index in [1.54, 1.807) is 47.0 Å². The highest BCUT2D eigenvalue weighted by Crippen LogP contribution is 2.41. The maximum atomic E-state index is 13.6. The van der Waals surface area contributed by atoms with Gasteiger partial charge in [-0.3, -0.25) is 14.4 Å². The molecule has 1 aromatic heterocycles. The zero-order valence-electron chi connectivity index (χ0n) is 16.9. The monoisotopic (exact) mass is 427 g/mol. The molecule has 0 amide bonds. The fourth-order valence-corrected chi connectivity index (χ4v) is 4.11. The smallest absolute Gasteiger partial charge is 0.325 e. The fourth-order valence-electron chi connectivity index (χ4n) is 3.95. The Bertz CT molecular complexity index is 1150. The Morgan fingerprint density at radius 2 is 1.60 bits per heavy atom. The Kier molecular flexibility index (Phi) is 5.72. The van der Waals surface area contributed by atoms with Gasteiger partial charge in [0, 0.05) is 28.1 Å². The molecule has 0 saturated heterocycles. The van der Waals surface area contributed by atoms with Gasteiger partial charge in [-0.1, -0.05) is 54.4 Å². The number of halogens is 1. The lowest BCUT2D eigenvalue weighted by atomic mass is 9.75. The van der Waals surface area contributed by atoms with Crippen LogP contribution in [0.2, 0.25) is 5.02 Å². The molecule has 2 aromatic carbocycles. The van der Waals surface area contributed by atoms with E-state index in [0.29, 0.717) is 28.0 Å². The van der Waals surface area contributed by atoms with E-state index in [4.69, 9.17) is 11.6 Å². The third kappa shape index (κ3) is 3.17. The second kappa shape index (κ2) is 7.95. The quantitative estimate of drug-likeness (QED) is 0.422. The third-order valence-corrected chi connectivity index (χ3v) is 5.79. The first-order valence-corrected chi connectivity index (χ1v) is 9.97. The molecule has 0 aliphatic heterocycles. The molecule has 2 N–H and O–H groups in total. The number of carbonyl (C=O) groups is 3. The first-order valence-electron chi connectivity index (χ1n) is 9.59. The molecule has 0 spiro atoms. The second-order valence-electron chi connectivity index (χ2n) is 7.19. The van der Waals surface area contributed by atoms with Crippen LogP contribution in [0.25, 0.3) is 10.9 Å². The number of nitrogens with zero attached hydrogens (tertiary/aromatic N) is 1. The molecular formula is C23H22ClNO5. The number of ketones is 1. The summed E-state index contributed by atoms with van der Waals surface area (Å²) in [7, 11) is 0. The van der Waals surface area contributed by atoms with Crippen LogP contribution in [0.4, 0.5) is 0 Å². The van der Waals surface area contributed by atoms with Gasteiger partial charge in [0.1, 0.15) is 0 Å². The zero-order valence-corrected chi connectivity index (χ0v) is 17.7. The normalized spacial score (nSPS) is 11.6. The van der Waals surface area contributed by atoms with Gasteiger partial charge in [0.15, 0.2) is 5.41 Å². The van der Waals surface area contributed by atoms with E-state index < -0.39 is 23.1 Å². The van der Waals surface area contributed by atoms with Crippen molar-refractivity contribution < 1.29 is 24.6 Å². The lowest BCUT2D eigenvalue weighted by molar-refractivity contribution is -0.157. The molecule has 3 rings (SSSR count). The van der Waals surface area contributed by atoms with Crippen LogP contribution in [0.3, 0.4) is 0 Å². The Morgan fingerprint density at radius 1 is 1.00 bits per heavy atom. The molecule has 1 heterocycles. The predicted octanol–water partition coefficient (Wildman–Crippen LogP) is 4.67. The van der Waals surface area contributed by atoms with Crippen LogP contribution in [-0.4, -0.2) is 32.5 Å². The van der Waals surface area contributed by atoms with Gasteiger partial charge in [-0.25, -0.2) is 0 Å². The van der Waals surface area contributed by atoms with Crippen molar-refractivity contribution in [1.82, 2.24) is 4.57 Å².